The number of benzene rings is 2. The van der Waals surface area contributed by atoms with E-state index in [1.54, 1.807) is 7.11 Å². The molecule has 9 heteroatoms. The molecule has 1 saturated heterocycles. The van der Waals surface area contributed by atoms with Gasteiger partial charge in [0, 0.05) is 31.4 Å². The van der Waals surface area contributed by atoms with E-state index in [0.29, 0.717) is 12.5 Å². The summed E-state index contributed by atoms with van der Waals surface area (Å²) < 4.78 is 48.7. The number of halogens is 3. The van der Waals surface area contributed by atoms with Crippen molar-refractivity contribution in [3.8, 4) is 11.5 Å². The van der Waals surface area contributed by atoms with Gasteiger partial charge in [0.2, 0.25) is 0 Å². The summed E-state index contributed by atoms with van der Waals surface area (Å²) in [4.78, 5) is 14.2. The summed E-state index contributed by atoms with van der Waals surface area (Å²) >= 11 is 0. The van der Waals surface area contributed by atoms with Gasteiger partial charge in [-0.15, -0.1) is 0 Å². The molecule has 0 spiro atoms. The van der Waals surface area contributed by atoms with Gasteiger partial charge in [-0.05, 0) is 42.7 Å². The fraction of sp³-hybridized carbons (Fsp3) is 0.409. The molecule has 2 amide bonds. The second-order valence-corrected chi connectivity index (χ2v) is 7.31. The molecule has 1 aliphatic rings. The summed E-state index contributed by atoms with van der Waals surface area (Å²) in [6.07, 6.45) is -3.45. The maximum Gasteiger partial charge on any atom is 0.416 e. The third-order valence-electron chi connectivity index (χ3n) is 5.07. The molecule has 1 aliphatic heterocycles. The van der Waals surface area contributed by atoms with Crippen molar-refractivity contribution in [1.82, 2.24) is 10.6 Å². The lowest BCUT2D eigenvalue weighted by Gasteiger charge is -2.19. The summed E-state index contributed by atoms with van der Waals surface area (Å²) in [6, 6.07) is 12.2. The van der Waals surface area contributed by atoms with Crippen LogP contribution in [0.4, 0.5) is 23.7 Å². The highest BCUT2D eigenvalue weighted by molar-refractivity contribution is 5.73. The van der Waals surface area contributed by atoms with E-state index in [9.17, 15) is 18.0 Å². The molecule has 0 aliphatic carbocycles. The maximum absolute atomic E-state index is 12.7. The highest BCUT2D eigenvalue weighted by atomic mass is 19.4. The number of methoxy groups -OCH3 is 1. The molecule has 1 fully saturated rings. The molecule has 168 valence electrons. The van der Waals surface area contributed by atoms with Gasteiger partial charge in [0.25, 0.3) is 0 Å². The van der Waals surface area contributed by atoms with Crippen LogP contribution in [0.3, 0.4) is 0 Å². The molecule has 2 aromatic carbocycles. The Balaban J connectivity index is 1.34. The van der Waals surface area contributed by atoms with Gasteiger partial charge in [-0.3, -0.25) is 0 Å². The number of hydrogen-bond acceptors (Lipinski definition) is 4. The van der Waals surface area contributed by atoms with Crippen LogP contribution in [0.1, 0.15) is 12.0 Å². The van der Waals surface area contributed by atoms with Crippen LogP contribution in [0.5, 0.6) is 11.5 Å². The zero-order chi connectivity index (χ0) is 22.3. The Hall–Kier alpha value is -3.10. The van der Waals surface area contributed by atoms with E-state index in [4.69, 9.17) is 9.47 Å². The third-order valence-corrected chi connectivity index (χ3v) is 5.07. The van der Waals surface area contributed by atoms with Crippen LogP contribution >= 0.6 is 0 Å². The first-order chi connectivity index (χ1) is 14.8. The Bertz CT molecular complexity index is 876. The average Bonchev–Trinajstić information content (AvgIpc) is 3.24. The molecule has 0 radical (unpaired) electrons. The molecular formula is C22H26F3N3O3. The first-order valence-electron chi connectivity index (χ1n) is 10.1. The number of amides is 2. The molecule has 3 rings (SSSR count). The minimum Gasteiger partial charge on any atom is -0.497 e. The predicted octanol–water partition coefficient (Wildman–Crippen LogP) is 3.92. The quantitative estimate of drug-likeness (QED) is 0.615. The lowest BCUT2D eigenvalue weighted by molar-refractivity contribution is -0.137. The smallest absolute Gasteiger partial charge is 0.416 e. The zero-order valence-corrected chi connectivity index (χ0v) is 17.2. The van der Waals surface area contributed by atoms with Crippen molar-refractivity contribution in [2.24, 2.45) is 5.92 Å². The molecule has 2 aromatic rings. The summed E-state index contributed by atoms with van der Waals surface area (Å²) in [5, 5.41) is 5.49. The molecule has 31 heavy (non-hydrogen) atoms. The van der Waals surface area contributed by atoms with E-state index in [2.05, 4.69) is 15.5 Å². The van der Waals surface area contributed by atoms with E-state index in [0.717, 1.165) is 43.1 Å². The summed E-state index contributed by atoms with van der Waals surface area (Å²) in [6.45, 7) is 2.54. The molecular weight excluding hydrogens is 411 g/mol. The molecule has 1 heterocycles. The number of nitrogens with zero attached hydrogens (tertiary/aromatic N) is 1. The maximum atomic E-state index is 12.7. The monoisotopic (exact) mass is 437 g/mol. The lowest BCUT2D eigenvalue weighted by atomic mass is 10.1. The van der Waals surface area contributed by atoms with E-state index >= 15 is 0 Å². The van der Waals surface area contributed by atoms with Crippen molar-refractivity contribution in [3.63, 3.8) is 0 Å². The van der Waals surface area contributed by atoms with Crippen molar-refractivity contribution >= 4 is 11.7 Å². The number of hydrogen-bond donors (Lipinski definition) is 2. The van der Waals surface area contributed by atoms with E-state index in [-0.39, 0.29) is 24.9 Å². The number of nitrogens with one attached hydrogen (secondary N) is 2. The number of carbonyl (C=O) groups excluding carboxylic acids is 1. The number of carbonyl (C=O) groups is 1. The second-order valence-electron chi connectivity index (χ2n) is 7.31. The Morgan fingerprint density at radius 3 is 2.68 bits per heavy atom. The van der Waals surface area contributed by atoms with Crippen LogP contribution in [0.25, 0.3) is 0 Å². The standard InChI is InChI=1S/C22H26F3N3O3/c1-30-19-6-3-5-18(13-19)28-10-8-16(15-28)14-27-21(29)26-9-11-31-20-7-2-4-17(12-20)22(23,24)25/h2-7,12-13,16H,8-11,14-15H2,1H3,(H2,26,27,29). The molecule has 2 N–H and O–H groups in total. The number of alkyl halides is 3. The van der Waals surface area contributed by atoms with E-state index in [1.165, 1.54) is 12.1 Å². The summed E-state index contributed by atoms with van der Waals surface area (Å²) in [7, 11) is 1.64. The first kappa shape index (κ1) is 22.6. The van der Waals surface area contributed by atoms with Crippen LogP contribution < -0.4 is 25.0 Å². The van der Waals surface area contributed by atoms with Gasteiger partial charge >= 0.3 is 12.2 Å². The van der Waals surface area contributed by atoms with Crippen molar-refractivity contribution in [1.29, 1.82) is 0 Å². The fourth-order valence-electron chi connectivity index (χ4n) is 3.44. The minimum atomic E-state index is -4.42. The number of ether oxygens (including phenoxy) is 2. The molecule has 1 unspecified atom stereocenters. The van der Waals surface area contributed by atoms with Crippen molar-refractivity contribution in [2.75, 3.05) is 44.8 Å². The fourth-order valence-corrected chi connectivity index (χ4v) is 3.44. The number of rotatable bonds is 8. The SMILES string of the molecule is COc1cccc(N2CCC(CNC(=O)NCCOc3cccc(C(F)(F)F)c3)C2)c1. The predicted molar refractivity (Wildman–Crippen MR) is 112 cm³/mol. The van der Waals surface area contributed by atoms with Gasteiger partial charge < -0.3 is 25.0 Å². The average molecular weight is 437 g/mol. The normalized spacial score (nSPS) is 16.1. The molecule has 0 aromatic heterocycles. The Morgan fingerprint density at radius 1 is 1.13 bits per heavy atom. The molecule has 0 saturated carbocycles. The van der Waals surface area contributed by atoms with Gasteiger partial charge in [-0.1, -0.05) is 12.1 Å². The van der Waals surface area contributed by atoms with Crippen LogP contribution in [0, 0.1) is 5.92 Å². The lowest BCUT2D eigenvalue weighted by Crippen LogP contribution is -2.40. The Kier molecular flexibility index (Phi) is 7.49. The minimum absolute atomic E-state index is 0.0712. The van der Waals surface area contributed by atoms with Gasteiger partial charge in [0.15, 0.2) is 0 Å². The van der Waals surface area contributed by atoms with Crippen molar-refractivity contribution in [2.45, 2.75) is 12.6 Å². The molecule has 0 bridgehead atoms. The molecule has 1 atom stereocenters. The van der Waals surface area contributed by atoms with Crippen LogP contribution in [-0.2, 0) is 6.18 Å². The Labute approximate surface area is 179 Å². The number of anilines is 1. The highest BCUT2D eigenvalue weighted by Crippen LogP contribution is 2.31. The van der Waals surface area contributed by atoms with Gasteiger partial charge in [0.1, 0.15) is 18.1 Å². The van der Waals surface area contributed by atoms with Crippen molar-refractivity contribution in [3.05, 3.63) is 54.1 Å². The van der Waals surface area contributed by atoms with Crippen LogP contribution in [0.15, 0.2) is 48.5 Å². The Morgan fingerprint density at radius 2 is 1.90 bits per heavy atom. The van der Waals surface area contributed by atoms with Crippen LogP contribution in [-0.4, -0.2) is 45.9 Å². The van der Waals surface area contributed by atoms with Gasteiger partial charge in [-0.25, -0.2) is 4.79 Å². The van der Waals surface area contributed by atoms with Crippen LogP contribution in [0.2, 0.25) is 0 Å². The summed E-state index contributed by atoms with van der Waals surface area (Å²) in [5.74, 6) is 1.25. The number of urea groups is 1. The largest absolute Gasteiger partial charge is 0.497 e. The van der Waals surface area contributed by atoms with E-state index in [1.807, 2.05) is 24.3 Å². The van der Waals surface area contributed by atoms with E-state index < -0.39 is 11.7 Å². The van der Waals surface area contributed by atoms with Crippen molar-refractivity contribution < 1.29 is 27.4 Å². The first-order valence-corrected chi connectivity index (χ1v) is 10.1. The molecule has 6 nitrogen and oxygen atoms in total. The van der Waals surface area contributed by atoms with Gasteiger partial charge in [0.05, 0.1) is 19.2 Å². The zero-order valence-electron chi connectivity index (χ0n) is 17.2. The topological polar surface area (TPSA) is 62.8 Å². The van der Waals surface area contributed by atoms with Gasteiger partial charge in [-0.2, -0.15) is 13.2 Å². The third kappa shape index (κ3) is 6.70. The highest BCUT2D eigenvalue weighted by Gasteiger charge is 2.30. The second kappa shape index (κ2) is 10.3. The summed E-state index contributed by atoms with van der Waals surface area (Å²) in [5.41, 5.74) is 0.327.